The zero-order chi connectivity index (χ0) is 18.2. The van der Waals surface area contributed by atoms with Gasteiger partial charge in [0.05, 0.1) is 11.6 Å². The minimum atomic E-state index is -0.946. The lowest BCUT2D eigenvalue weighted by Crippen LogP contribution is -2.31. The van der Waals surface area contributed by atoms with Gasteiger partial charge in [0.1, 0.15) is 5.75 Å². The molecular weight excluding hydrogens is 320 g/mol. The Bertz CT molecular complexity index is 777. The number of hydrogen-bond acceptors (Lipinski definition) is 5. The van der Waals surface area contributed by atoms with E-state index in [9.17, 15) is 9.59 Å². The van der Waals surface area contributed by atoms with Gasteiger partial charge in [-0.15, -0.1) is 0 Å². The molecule has 2 aromatic carbocycles. The molecule has 128 valence electrons. The van der Waals surface area contributed by atoms with E-state index in [1.54, 1.807) is 36.4 Å². The van der Waals surface area contributed by atoms with Crippen molar-refractivity contribution in [2.75, 3.05) is 11.9 Å². The second-order valence-electron chi connectivity index (χ2n) is 5.41. The van der Waals surface area contributed by atoms with Gasteiger partial charge < -0.3 is 14.8 Å². The summed E-state index contributed by atoms with van der Waals surface area (Å²) in [6, 6.07) is 15.6. The average Bonchev–Trinajstić information content (AvgIpc) is 2.62. The van der Waals surface area contributed by atoms with Crippen molar-refractivity contribution < 1.29 is 19.1 Å². The summed E-state index contributed by atoms with van der Waals surface area (Å²) < 4.78 is 10.3. The third kappa shape index (κ3) is 5.66. The van der Waals surface area contributed by atoms with Crippen molar-refractivity contribution in [3.05, 3.63) is 59.7 Å². The number of nitrogens with one attached hydrogen (secondary N) is 1. The van der Waals surface area contributed by atoms with Crippen LogP contribution in [-0.4, -0.2) is 24.6 Å². The van der Waals surface area contributed by atoms with E-state index in [1.807, 2.05) is 25.1 Å². The second-order valence-corrected chi connectivity index (χ2v) is 5.41. The Morgan fingerprint density at radius 2 is 1.76 bits per heavy atom. The average molecular weight is 338 g/mol. The van der Waals surface area contributed by atoms with E-state index in [0.717, 1.165) is 5.56 Å². The molecule has 0 saturated heterocycles. The Labute approximate surface area is 146 Å². The fraction of sp³-hybridized carbons (Fsp3) is 0.211. The standard InChI is InChI=1S/C19H18N2O4/c1-13-3-7-16(8-4-13)21-19(23)14(2)25-18(22)12-24-17-9-5-15(11-20)6-10-17/h3-10,14H,12H2,1-2H3,(H,21,23)/t14-/m0/s1. The van der Waals surface area contributed by atoms with E-state index in [1.165, 1.54) is 6.92 Å². The van der Waals surface area contributed by atoms with E-state index >= 15 is 0 Å². The third-order valence-electron chi connectivity index (χ3n) is 3.34. The Hall–Kier alpha value is -3.33. The number of aryl methyl sites for hydroxylation is 1. The predicted molar refractivity (Wildman–Crippen MR) is 92.0 cm³/mol. The van der Waals surface area contributed by atoms with Crippen LogP contribution < -0.4 is 10.1 Å². The number of ether oxygens (including phenoxy) is 2. The van der Waals surface area contributed by atoms with Crippen LogP contribution in [-0.2, 0) is 14.3 Å². The molecule has 0 spiro atoms. The molecule has 0 aliphatic carbocycles. The number of benzene rings is 2. The molecule has 25 heavy (non-hydrogen) atoms. The smallest absolute Gasteiger partial charge is 0.344 e. The van der Waals surface area contributed by atoms with Gasteiger partial charge in [-0.2, -0.15) is 5.26 Å². The Balaban J connectivity index is 1.79. The van der Waals surface area contributed by atoms with Crippen LogP contribution in [0, 0.1) is 18.3 Å². The van der Waals surface area contributed by atoms with Gasteiger partial charge in [-0.1, -0.05) is 17.7 Å². The second kappa shape index (κ2) is 8.50. The van der Waals surface area contributed by atoms with Crippen LogP contribution >= 0.6 is 0 Å². The van der Waals surface area contributed by atoms with E-state index in [-0.39, 0.29) is 6.61 Å². The first-order chi connectivity index (χ1) is 12.0. The minimum Gasteiger partial charge on any atom is -0.482 e. The van der Waals surface area contributed by atoms with Gasteiger partial charge in [0.25, 0.3) is 5.91 Å². The first-order valence-electron chi connectivity index (χ1n) is 7.68. The first-order valence-corrected chi connectivity index (χ1v) is 7.68. The normalized spacial score (nSPS) is 11.1. The molecule has 2 aromatic rings. The maximum Gasteiger partial charge on any atom is 0.344 e. The highest BCUT2D eigenvalue weighted by Crippen LogP contribution is 2.12. The number of amides is 1. The molecule has 0 aliphatic rings. The van der Waals surface area contributed by atoms with Crippen LogP contribution in [0.5, 0.6) is 5.75 Å². The lowest BCUT2D eigenvalue weighted by atomic mass is 10.2. The summed E-state index contributed by atoms with van der Waals surface area (Å²) in [4.78, 5) is 23.8. The van der Waals surface area contributed by atoms with Gasteiger partial charge in [-0.3, -0.25) is 4.79 Å². The van der Waals surface area contributed by atoms with Gasteiger partial charge in [0.15, 0.2) is 12.7 Å². The van der Waals surface area contributed by atoms with Gasteiger partial charge in [0.2, 0.25) is 0 Å². The van der Waals surface area contributed by atoms with Crippen LogP contribution in [0.15, 0.2) is 48.5 Å². The summed E-state index contributed by atoms with van der Waals surface area (Å²) in [5.41, 5.74) is 2.21. The molecule has 1 N–H and O–H groups in total. The van der Waals surface area contributed by atoms with Crippen LogP contribution in [0.3, 0.4) is 0 Å². The van der Waals surface area contributed by atoms with Gasteiger partial charge in [0, 0.05) is 5.69 Å². The van der Waals surface area contributed by atoms with Crippen LogP contribution in [0.2, 0.25) is 0 Å². The predicted octanol–water partition coefficient (Wildman–Crippen LogP) is 2.82. The molecule has 1 amide bonds. The molecule has 2 rings (SSSR count). The van der Waals surface area contributed by atoms with E-state index in [4.69, 9.17) is 14.7 Å². The number of rotatable bonds is 6. The summed E-state index contributed by atoms with van der Waals surface area (Å²) in [5.74, 6) is -0.640. The zero-order valence-electron chi connectivity index (χ0n) is 14.0. The van der Waals surface area contributed by atoms with Gasteiger partial charge in [-0.05, 0) is 50.2 Å². The summed E-state index contributed by atoms with van der Waals surface area (Å²) >= 11 is 0. The summed E-state index contributed by atoms with van der Waals surface area (Å²) in [6.45, 7) is 3.11. The number of esters is 1. The zero-order valence-corrected chi connectivity index (χ0v) is 14.0. The van der Waals surface area contributed by atoms with Crippen molar-refractivity contribution in [2.24, 2.45) is 0 Å². The van der Waals surface area contributed by atoms with Crippen molar-refractivity contribution in [1.29, 1.82) is 5.26 Å². The molecule has 0 aliphatic heterocycles. The fourth-order valence-corrected chi connectivity index (χ4v) is 1.93. The molecule has 6 heteroatoms. The fourth-order valence-electron chi connectivity index (χ4n) is 1.93. The van der Waals surface area contributed by atoms with E-state index in [0.29, 0.717) is 17.0 Å². The molecule has 0 heterocycles. The topological polar surface area (TPSA) is 88.4 Å². The van der Waals surface area contributed by atoms with Crippen molar-refractivity contribution in [3.8, 4) is 11.8 Å². The molecule has 0 bridgehead atoms. The molecule has 6 nitrogen and oxygen atoms in total. The first kappa shape index (κ1) is 18.0. The molecular formula is C19H18N2O4. The number of anilines is 1. The number of nitrogens with zero attached hydrogens (tertiary/aromatic N) is 1. The highest BCUT2D eigenvalue weighted by Gasteiger charge is 2.18. The number of nitriles is 1. The highest BCUT2D eigenvalue weighted by molar-refractivity contribution is 5.95. The molecule has 0 radical (unpaired) electrons. The number of carbonyl (C=O) groups is 2. The van der Waals surface area contributed by atoms with Crippen molar-refractivity contribution in [3.63, 3.8) is 0 Å². The largest absolute Gasteiger partial charge is 0.482 e. The number of carbonyl (C=O) groups excluding carboxylic acids is 2. The van der Waals surface area contributed by atoms with E-state index in [2.05, 4.69) is 5.32 Å². The molecule has 1 atom stereocenters. The molecule has 0 unspecified atom stereocenters. The van der Waals surface area contributed by atoms with Crippen LogP contribution in [0.25, 0.3) is 0 Å². The Kier molecular flexibility index (Phi) is 6.13. The maximum atomic E-state index is 12.0. The lowest BCUT2D eigenvalue weighted by molar-refractivity contribution is -0.155. The molecule has 0 saturated carbocycles. The van der Waals surface area contributed by atoms with Gasteiger partial charge in [-0.25, -0.2) is 4.79 Å². The summed E-state index contributed by atoms with van der Waals surface area (Å²) in [6.07, 6.45) is -0.946. The summed E-state index contributed by atoms with van der Waals surface area (Å²) in [7, 11) is 0. The molecule has 0 aromatic heterocycles. The SMILES string of the molecule is Cc1ccc(NC(=O)[C@H](C)OC(=O)COc2ccc(C#N)cc2)cc1. The highest BCUT2D eigenvalue weighted by atomic mass is 16.6. The lowest BCUT2D eigenvalue weighted by Gasteiger charge is -2.14. The number of hydrogen-bond donors (Lipinski definition) is 1. The van der Waals surface area contributed by atoms with Crippen molar-refractivity contribution in [1.82, 2.24) is 0 Å². The minimum absolute atomic E-state index is 0.325. The van der Waals surface area contributed by atoms with Crippen LogP contribution in [0.1, 0.15) is 18.1 Å². The van der Waals surface area contributed by atoms with Crippen molar-refractivity contribution >= 4 is 17.6 Å². The monoisotopic (exact) mass is 338 g/mol. The van der Waals surface area contributed by atoms with Crippen molar-refractivity contribution in [2.45, 2.75) is 20.0 Å². The maximum absolute atomic E-state index is 12.0. The molecule has 0 fully saturated rings. The van der Waals surface area contributed by atoms with Gasteiger partial charge >= 0.3 is 5.97 Å². The Morgan fingerprint density at radius 1 is 1.12 bits per heavy atom. The Morgan fingerprint density at radius 3 is 2.36 bits per heavy atom. The third-order valence-corrected chi connectivity index (χ3v) is 3.34. The van der Waals surface area contributed by atoms with E-state index < -0.39 is 18.0 Å². The summed E-state index contributed by atoms with van der Waals surface area (Å²) in [5, 5.41) is 11.4. The quantitative estimate of drug-likeness (QED) is 0.818. The van der Waals surface area contributed by atoms with Crippen LogP contribution in [0.4, 0.5) is 5.69 Å².